The molecule has 112 valence electrons. The van der Waals surface area contributed by atoms with E-state index in [0.29, 0.717) is 10.6 Å². The van der Waals surface area contributed by atoms with Gasteiger partial charge in [0, 0.05) is 5.56 Å². The van der Waals surface area contributed by atoms with Gasteiger partial charge < -0.3 is 5.11 Å². The van der Waals surface area contributed by atoms with E-state index < -0.39 is 23.1 Å². The zero-order valence-electron chi connectivity index (χ0n) is 10.1. The Morgan fingerprint density at radius 2 is 1.67 bits per heavy atom. The molecule has 1 aromatic carbocycles. The summed E-state index contributed by atoms with van der Waals surface area (Å²) in [5.74, 6) is 0. The van der Waals surface area contributed by atoms with Gasteiger partial charge in [-0.2, -0.15) is 13.2 Å². The number of aliphatic hydroxyl groups is 1. The molecule has 0 bridgehead atoms. The van der Waals surface area contributed by atoms with Crippen molar-refractivity contribution in [2.75, 3.05) is 0 Å². The number of aliphatic hydroxyl groups excluding tert-OH is 1. The quantitative estimate of drug-likeness (QED) is 0.756. The Kier molecular flexibility index (Phi) is 4.68. The molecular weight excluding hydrogens is 350 g/mol. The molecule has 8 heteroatoms. The van der Waals surface area contributed by atoms with E-state index in [2.05, 4.69) is 4.98 Å². The highest BCUT2D eigenvalue weighted by Crippen LogP contribution is 2.34. The second-order valence-corrected chi connectivity index (χ2v) is 5.32. The van der Waals surface area contributed by atoms with E-state index in [4.69, 9.17) is 34.8 Å². The number of alkyl halides is 3. The van der Waals surface area contributed by atoms with Gasteiger partial charge in [-0.05, 0) is 23.8 Å². The highest BCUT2D eigenvalue weighted by atomic mass is 35.5. The van der Waals surface area contributed by atoms with Gasteiger partial charge in [0.15, 0.2) is 0 Å². The molecule has 1 heterocycles. The lowest BCUT2D eigenvalue weighted by Crippen LogP contribution is -2.10. The third-order valence-corrected chi connectivity index (χ3v) is 3.76. The maximum atomic E-state index is 12.5. The first-order valence-electron chi connectivity index (χ1n) is 5.57. The number of pyridine rings is 1. The van der Waals surface area contributed by atoms with Gasteiger partial charge in [-0.1, -0.05) is 46.9 Å². The number of hydrogen-bond acceptors (Lipinski definition) is 2. The summed E-state index contributed by atoms with van der Waals surface area (Å²) in [6.45, 7) is 0. The highest BCUT2D eigenvalue weighted by molar-refractivity contribution is 6.42. The second kappa shape index (κ2) is 6.01. The average molecular weight is 357 g/mol. The summed E-state index contributed by atoms with van der Waals surface area (Å²) in [5.41, 5.74) is -0.742. The monoisotopic (exact) mass is 355 g/mol. The fraction of sp³-hybridized carbons (Fsp3) is 0.154. The molecular formula is C13H7Cl3F3NO. The van der Waals surface area contributed by atoms with Crippen LogP contribution in [-0.4, -0.2) is 10.1 Å². The van der Waals surface area contributed by atoms with E-state index in [0.717, 1.165) is 12.1 Å². The molecule has 1 aromatic heterocycles. The first-order chi connectivity index (χ1) is 9.70. The topological polar surface area (TPSA) is 33.1 Å². The molecule has 2 aromatic rings. The van der Waals surface area contributed by atoms with E-state index >= 15 is 0 Å². The fourth-order valence-electron chi connectivity index (χ4n) is 1.67. The van der Waals surface area contributed by atoms with Crippen molar-refractivity contribution < 1.29 is 18.3 Å². The van der Waals surface area contributed by atoms with Gasteiger partial charge in [0.05, 0.1) is 10.0 Å². The molecule has 0 amide bonds. The summed E-state index contributed by atoms with van der Waals surface area (Å²) in [6, 6.07) is 6.19. The first-order valence-corrected chi connectivity index (χ1v) is 6.70. The third kappa shape index (κ3) is 3.61. The summed E-state index contributed by atoms with van der Waals surface area (Å²) < 4.78 is 37.5. The Hall–Kier alpha value is -1.01. The molecule has 0 aliphatic rings. The van der Waals surface area contributed by atoms with Crippen LogP contribution in [0.1, 0.15) is 22.9 Å². The number of nitrogens with zero attached hydrogens (tertiary/aromatic N) is 1. The van der Waals surface area contributed by atoms with Crippen molar-refractivity contribution in [3.8, 4) is 0 Å². The van der Waals surface area contributed by atoms with Gasteiger partial charge >= 0.3 is 6.18 Å². The van der Waals surface area contributed by atoms with Crippen LogP contribution in [0.3, 0.4) is 0 Å². The van der Waals surface area contributed by atoms with Crippen LogP contribution in [0.25, 0.3) is 0 Å². The predicted octanol–water partition coefficient (Wildman–Crippen LogP) is 5.14. The van der Waals surface area contributed by atoms with Crippen LogP contribution >= 0.6 is 34.8 Å². The zero-order valence-corrected chi connectivity index (χ0v) is 12.4. The third-order valence-electron chi connectivity index (χ3n) is 2.72. The van der Waals surface area contributed by atoms with Gasteiger partial charge in [0.25, 0.3) is 0 Å². The zero-order chi connectivity index (χ0) is 15.8. The summed E-state index contributed by atoms with van der Waals surface area (Å²) in [6.07, 6.45) is -5.86. The molecule has 1 N–H and O–H groups in total. The maximum absolute atomic E-state index is 12.5. The largest absolute Gasteiger partial charge is 0.433 e. The van der Waals surface area contributed by atoms with Gasteiger partial charge in [-0.15, -0.1) is 0 Å². The molecule has 0 fully saturated rings. The fourth-order valence-corrected chi connectivity index (χ4v) is 2.23. The lowest BCUT2D eigenvalue weighted by atomic mass is 10.0. The number of halogens is 6. The lowest BCUT2D eigenvalue weighted by Gasteiger charge is -2.15. The lowest BCUT2D eigenvalue weighted by molar-refractivity contribution is -0.141. The molecule has 0 radical (unpaired) electrons. The van der Waals surface area contributed by atoms with Crippen molar-refractivity contribution in [1.82, 2.24) is 4.98 Å². The van der Waals surface area contributed by atoms with Crippen LogP contribution in [0.2, 0.25) is 15.2 Å². The molecule has 2 rings (SSSR count). The van der Waals surface area contributed by atoms with Crippen LogP contribution in [-0.2, 0) is 6.18 Å². The van der Waals surface area contributed by atoms with Crippen LogP contribution in [0.5, 0.6) is 0 Å². The van der Waals surface area contributed by atoms with Gasteiger partial charge in [-0.3, -0.25) is 0 Å². The number of benzene rings is 1. The summed E-state index contributed by atoms with van der Waals surface area (Å²) in [5, 5.41) is 10.3. The predicted molar refractivity (Wildman–Crippen MR) is 74.8 cm³/mol. The highest BCUT2D eigenvalue weighted by Gasteiger charge is 2.33. The van der Waals surface area contributed by atoms with Crippen molar-refractivity contribution in [3.63, 3.8) is 0 Å². The van der Waals surface area contributed by atoms with Gasteiger partial charge in [-0.25, -0.2) is 4.98 Å². The molecule has 0 spiro atoms. The number of hydrogen-bond donors (Lipinski definition) is 1. The molecule has 21 heavy (non-hydrogen) atoms. The van der Waals surface area contributed by atoms with E-state index in [1.165, 1.54) is 18.2 Å². The standard InChI is InChI=1S/C13H7Cl3F3NO/c14-8-3-1-6(5-9(8)15)11(21)7-2-4-10(13(17,18)19)20-12(7)16/h1-5,11,21H. The second-order valence-electron chi connectivity index (χ2n) is 4.15. The Labute approximate surface area is 133 Å². The van der Waals surface area contributed by atoms with E-state index in [1.54, 1.807) is 0 Å². The minimum Gasteiger partial charge on any atom is -0.384 e. The van der Waals surface area contributed by atoms with Crippen molar-refractivity contribution in [3.05, 3.63) is 62.4 Å². The molecule has 1 unspecified atom stereocenters. The van der Waals surface area contributed by atoms with Crippen molar-refractivity contribution in [2.24, 2.45) is 0 Å². The van der Waals surface area contributed by atoms with Crippen molar-refractivity contribution in [1.29, 1.82) is 0 Å². The van der Waals surface area contributed by atoms with Crippen LogP contribution in [0.4, 0.5) is 13.2 Å². The molecule has 0 saturated carbocycles. The van der Waals surface area contributed by atoms with E-state index in [1.807, 2.05) is 0 Å². The molecule has 0 saturated heterocycles. The van der Waals surface area contributed by atoms with E-state index in [-0.39, 0.29) is 10.6 Å². The maximum Gasteiger partial charge on any atom is 0.433 e. The Balaban J connectivity index is 2.39. The smallest absolute Gasteiger partial charge is 0.384 e. The molecule has 0 aliphatic heterocycles. The SMILES string of the molecule is OC(c1ccc(Cl)c(Cl)c1)c1ccc(C(F)(F)F)nc1Cl. The molecule has 2 nitrogen and oxygen atoms in total. The molecule has 0 aliphatic carbocycles. The first kappa shape index (κ1) is 16.4. The minimum atomic E-state index is -4.60. The normalized spacial score (nSPS) is 13.3. The van der Waals surface area contributed by atoms with Crippen LogP contribution in [0.15, 0.2) is 30.3 Å². The van der Waals surface area contributed by atoms with Gasteiger partial charge in [0.1, 0.15) is 17.0 Å². The van der Waals surface area contributed by atoms with Crippen LogP contribution < -0.4 is 0 Å². The average Bonchev–Trinajstić information content (AvgIpc) is 2.40. The Morgan fingerprint density at radius 3 is 2.19 bits per heavy atom. The van der Waals surface area contributed by atoms with E-state index in [9.17, 15) is 18.3 Å². The van der Waals surface area contributed by atoms with Gasteiger partial charge in [0.2, 0.25) is 0 Å². The summed E-state index contributed by atoms with van der Waals surface area (Å²) >= 11 is 17.3. The number of rotatable bonds is 2. The van der Waals surface area contributed by atoms with Crippen molar-refractivity contribution in [2.45, 2.75) is 12.3 Å². The Morgan fingerprint density at radius 1 is 1.00 bits per heavy atom. The van der Waals surface area contributed by atoms with Crippen molar-refractivity contribution >= 4 is 34.8 Å². The summed E-state index contributed by atoms with van der Waals surface area (Å²) in [7, 11) is 0. The van der Waals surface area contributed by atoms with Crippen LogP contribution in [0, 0.1) is 0 Å². The summed E-state index contributed by atoms with van der Waals surface area (Å²) in [4.78, 5) is 3.25. The Bertz CT molecular complexity index is 676. The number of aromatic nitrogens is 1. The molecule has 1 atom stereocenters. The minimum absolute atomic E-state index is 0.0445.